The highest BCUT2D eigenvalue weighted by Crippen LogP contribution is 2.26. The minimum atomic E-state index is -0.0000461. The molecule has 1 N–H and O–H groups in total. The molecule has 1 amide bonds. The second-order valence-electron chi connectivity index (χ2n) is 6.19. The van der Waals surface area contributed by atoms with E-state index in [1.807, 2.05) is 12.1 Å². The summed E-state index contributed by atoms with van der Waals surface area (Å²) >= 11 is 7.31. The first-order valence-corrected chi connectivity index (χ1v) is 9.23. The Hall–Kier alpha value is -1.73. The van der Waals surface area contributed by atoms with Crippen LogP contribution in [0.4, 0.5) is 10.9 Å². The molecular weight excluding hydrogens is 346 g/mol. The van der Waals surface area contributed by atoms with E-state index in [4.69, 9.17) is 11.6 Å². The quantitative estimate of drug-likeness (QED) is 0.896. The Kier molecular flexibility index (Phi) is 5.30. The van der Waals surface area contributed by atoms with Crippen LogP contribution in [-0.4, -0.2) is 34.2 Å². The highest BCUT2D eigenvalue weighted by Gasteiger charge is 2.26. The molecule has 1 aliphatic rings. The number of hydrogen-bond donors (Lipinski definition) is 1. The van der Waals surface area contributed by atoms with Gasteiger partial charge < -0.3 is 10.2 Å². The molecule has 1 fully saturated rings. The molecule has 0 saturated carbocycles. The summed E-state index contributed by atoms with van der Waals surface area (Å²) in [6, 6.07) is 3.75. The third kappa shape index (κ3) is 4.02. The summed E-state index contributed by atoms with van der Waals surface area (Å²) in [5, 5.41) is 13.2. The molecule has 0 radical (unpaired) electrons. The molecule has 0 aliphatic carbocycles. The summed E-state index contributed by atoms with van der Waals surface area (Å²) in [6.45, 7) is 5.74. The van der Waals surface area contributed by atoms with Crippen molar-refractivity contribution < 1.29 is 4.79 Å². The van der Waals surface area contributed by atoms with Crippen LogP contribution >= 0.6 is 22.9 Å². The Labute approximate surface area is 150 Å². The molecule has 3 rings (SSSR count). The molecule has 8 heteroatoms. The summed E-state index contributed by atoms with van der Waals surface area (Å²) in [5.74, 6) is 1.26. The molecule has 2 aromatic heterocycles. The molecular formula is C16H20ClN5OS. The van der Waals surface area contributed by atoms with Gasteiger partial charge in [0.05, 0.1) is 5.02 Å². The van der Waals surface area contributed by atoms with Gasteiger partial charge >= 0.3 is 0 Å². The number of piperidine rings is 1. The average molecular weight is 366 g/mol. The molecule has 6 nitrogen and oxygen atoms in total. The summed E-state index contributed by atoms with van der Waals surface area (Å²) < 4.78 is 0. The maximum atomic E-state index is 12.4. The van der Waals surface area contributed by atoms with Gasteiger partial charge in [-0.25, -0.2) is 4.98 Å². The van der Waals surface area contributed by atoms with E-state index in [0.717, 1.165) is 36.8 Å². The number of aromatic nitrogens is 3. The molecule has 24 heavy (non-hydrogen) atoms. The van der Waals surface area contributed by atoms with E-state index < -0.39 is 0 Å². The molecule has 1 saturated heterocycles. The average Bonchev–Trinajstić information content (AvgIpc) is 3.04. The van der Waals surface area contributed by atoms with Gasteiger partial charge in [0.2, 0.25) is 11.0 Å². The van der Waals surface area contributed by atoms with Gasteiger partial charge in [-0.15, -0.1) is 10.2 Å². The maximum absolute atomic E-state index is 12.4. The van der Waals surface area contributed by atoms with Gasteiger partial charge in [-0.05, 0) is 25.0 Å². The van der Waals surface area contributed by atoms with E-state index in [1.165, 1.54) is 11.3 Å². The Morgan fingerprint density at radius 1 is 1.33 bits per heavy atom. The number of hydrogen-bond acceptors (Lipinski definition) is 6. The maximum Gasteiger partial charge on any atom is 0.229 e. The second-order valence-corrected chi connectivity index (χ2v) is 7.63. The van der Waals surface area contributed by atoms with Crippen molar-refractivity contribution in [3.8, 4) is 0 Å². The summed E-state index contributed by atoms with van der Waals surface area (Å²) in [4.78, 5) is 18.9. The lowest BCUT2D eigenvalue weighted by atomic mass is 9.96. The third-order valence-electron chi connectivity index (χ3n) is 4.07. The first-order valence-electron chi connectivity index (χ1n) is 8.03. The zero-order valence-corrected chi connectivity index (χ0v) is 15.3. The van der Waals surface area contributed by atoms with Crippen LogP contribution in [0.1, 0.15) is 37.6 Å². The zero-order valence-electron chi connectivity index (χ0n) is 13.7. The van der Waals surface area contributed by atoms with E-state index in [-0.39, 0.29) is 11.8 Å². The van der Waals surface area contributed by atoms with E-state index in [9.17, 15) is 4.79 Å². The molecule has 0 aromatic carbocycles. The lowest BCUT2D eigenvalue weighted by molar-refractivity contribution is -0.120. The zero-order chi connectivity index (χ0) is 17.1. The van der Waals surface area contributed by atoms with Gasteiger partial charge in [0.1, 0.15) is 10.8 Å². The Morgan fingerprint density at radius 3 is 2.67 bits per heavy atom. The van der Waals surface area contributed by atoms with Gasteiger partial charge in [0.25, 0.3) is 0 Å². The third-order valence-corrected chi connectivity index (χ3v) is 5.43. The SMILES string of the molecule is CC(C)c1nnc(NC(=O)C2CCN(c3ccc(Cl)cn3)CC2)s1. The number of halogens is 1. The van der Waals surface area contributed by atoms with Crippen LogP contribution in [0.2, 0.25) is 5.02 Å². The van der Waals surface area contributed by atoms with Gasteiger partial charge in [-0.3, -0.25) is 4.79 Å². The number of carbonyl (C=O) groups is 1. The number of carbonyl (C=O) groups excluding carboxylic acids is 1. The highest BCUT2D eigenvalue weighted by atomic mass is 35.5. The van der Waals surface area contributed by atoms with Crippen molar-refractivity contribution in [1.29, 1.82) is 0 Å². The van der Waals surface area contributed by atoms with Crippen LogP contribution in [0.15, 0.2) is 18.3 Å². The number of amides is 1. The number of pyridine rings is 1. The molecule has 0 spiro atoms. The topological polar surface area (TPSA) is 71.0 Å². The van der Waals surface area contributed by atoms with Crippen LogP contribution in [0.25, 0.3) is 0 Å². The molecule has 0 unspecified atom stereocenters. The summed E-state index contributed by atoms with van der Waals surface area (Å²) in [5.41, 5.74) is 0. The lowest BCUT2D eigenvalue weighted by Crippen LogP contribution is -2.38. The Morgan fingerprint density at radius 2 is 2.08 bits per heavy atom. The van der Waals surface area contributed by atoms with Gasteiger partial charge in [-0.2, -0.15) is 0 Å². The van der Waals surface area contributed by atoms with Crippen molar-refractivity contribution in [1.82, 2.24) is 15.2 Å². The van der Waals surface area contributed by atoms with Crippen molar-refractivity contribution in [2.24, 2.45) is 5.92 Å². The number of nitrogens with one attached hydrogen (secondary N) is 1. The molecule has 0 atom stereocenters. The Bertz CT molecular complexity index is 695. The molecule has 1 aliphatic heterocycles. The normalized spacial score (nSPS) is 15.8. The van der Waals surface area contributed by atoms with Crippen LogP contribution in [0, 0.1) is 5.92 Å². The van der Waals surface area contributed by atoms with Gasteiger partial charge in [0.15, 0.2) is 0 Å². The van der Waals surface area contributed by atoms with Crippen molar-refractivity contribution in [3.05, 3.63) is 28.4 Å². The number of rotatable bonds is 4. The van der Waals surface area contributed by atoms with Crippen LogP contribution in [-0.2, 0) is 4.79 Å². The number of nitrogens with zero attached hydrogens (tertiary/aromatic N) is 4. The van der Waals surface area contributed by atoms with Crippen LogP contribution in [0.3, 0.4) is 0 Å². The second kappa shape index (κ2) is 7.44. The van der Waals surface area contributed by atoms with Crippen molar-refractivity contribution >= 4 is 39.8 Å². The van der Waals surface area contributed by atoms with E-state index in [2.05, 4.69) is 39.2 Å². The van der Waals surface area contributed by atoms with Crippen LogP contribution in [0.5, 0.6) is 0 Å². The highest BCUT2D eigenvalue weighted by molar-refractivity contribution is 7.15. The Balaban J connectivity index is 1.53. The predicted octanol–water partition coefficient (Wildman–Crippen LogP) is 3.57. The minimum Gasteiger partial charge on any atom is -0.357 e. The predicted molar refractivity (Wildman–Crippen MR) is 96.8 cm³/mol. The molecule has 3 heterocycles. The molecule has 0 bridgehead atoms. The van der Waals surface area contributed by atoms with Crippen molar-refractivity contribution in [2.45, 2.75) is 32.6 Å². The molecule has 2 aromatic rings. The van der Waals surface area contributed by atoms with E-state index in [0.29, 0.717) is 16.1 Å². The lowest BCUT2D eigenvalue weighted by Gasteiger charge is -2.31. The van der Waals surface area contributed by atoms with Gasteiger partial charge in [0, 0.05) is 31.1 Å². The van der Waals surface area contributed by atoms with Gasteiger partial charge in [-0.1, -0.05) is 36.8 Å². The fourth-order valence-corrected chi connectivity index (χ4v) is 3.51. The first kappa shape index (κ1) is 17.1. The molecule has 128 valence electrons. The smallest absolute Gasteiger partial charge is 0.229 e. The fraction of sp³-hybridized carbons (Fsp3) is 0.500. The number of anilines is 2. The fourth-order valence-electron chi connectivity index (χ4n) is 2.65. The minimum absolute atomic E-state index is 0.0000461. The standard InChI is InChI=1S/C16H20ClN5OS/c1-10(2)15-20-21-16(24-15)19-14(23)11-5-7-22(8-6-11)13-4-3-12(17)9-18-13/h3-4,9-11H,5-8H2,1-2H3,(H,19,21,23). The summed E-state index contributed by atoms with van der Waals surface area (Å²) in [7, 11) is 0. The summed E-state index contributed by atoms with van der Waals surface area (Å²) in [6.07, 6.45) is 3.25. The van der Waals surface area contributed by atoms with Crippen LogP contribution < -0.4 is 10.2 Å². The van der Waals surface area contributed by atoms with E-state index >= 15 is 0 Å². The van der Waals surface area contributed by atoms with Crippen molar-refractivity contribution in [3.63, 3.8) is 0 Å². The van der Waals surface area contributed by atoms with E-state index in [1.54, 1.807) is 6.20 Å². The largest absolute Gasteiger partial charge is 0.357 e. The monoisotopic (exact) mass is 365 g/mol. The van der Waals surface area contributed by atoms with Crippen molar-refractivity contribution in [2.75, 3.05) is 23.3 Å². The first-order chi connectivity index (χ1) is 11.5.